The molecule has 0 aliphatic carbocycles. The lowest BCUT2D eigenvalue weighted by molar-refractivity contribution is -0.117. The number of benzene rings is 1. The van der Waals surface area contributed by atoms with Gasteiger partial charge in [-0.15, -0.1) is 27.8 Å². The molecule has 0 spiro atoms. The molecule has 0 unspecified atom stereocenters. The molecule has 1 atom stereocenters. The van der Waals surface area contributed by atoms with Gasteiger partial charge in [0.05, 0.1) is 11.4 Å². The van der Waals surface area contributed by atoms with E-state index in [-0.39, 0.29) is 5.91 Å². The quantitative estimate of drug-likeness (QED) is 0.533. The average Bonchev–Trinajstić information content (AvgIpc) is 3.36. The molecule has 10 heteroatoms. The van der Waals surface area contributed by atoms with Crippen LogP contribution < -0.4 is 5.01 Å². The van der Waals surface area contributed by atoms with Crippen molar-refractivity contribution in [2.45, 2.75) is 13.0 Å². The molecule has 1 aliphatic rings. The van der Waals surface area contributed by atoms with Gasteiger partial charge in [0, 0.05) is 27.0 Å². The van der Waals surface area contributed by atoms with Gasteiger partial charge in [0.2, 0.25) is 10.3 Å². The molecule has 0 saturated heterocycles. The van der Waals surface area contributed by atoms with Crippen molar-refractivity contribution in [2.75, 3.05) is 5.01 Å². The summed E-state index contributed by atoms with van der Waals surface area (Å²) in [5.41, 5.74) is 2.35. The van der Waals surface area contributed by atoms with Gasteiger partial charge in [0.25, 0.3) is 5.91 Å². The number of thiazole rings is 2. The van der Waals surface area contributed by atoms with Crippen molar-refractivity contribution in [3.05, 3.63) is 45.7 Å². The fourth-order valence-electron chi connectivity index (χ4n) is 2.31. The highest BCUT2D eigenvalue weighted by atomic mass is 79.9. The highest BCUT2D eigenvalue weighted by molar-refractivity contribution is 9.10. The van der Waals surface area contributed by atoms with E-state index in [2.05, 4.69) is 41.2 Å². The smallest absolute Gasteiger partial charge is 0.269 e. The van der Waals surface area contributed by atoms with Gasteiger partial charge in [-0.3, -0.25) is 4.79 Å². The van der Waals surface area contributed by atoms with Crippen LogP contribution in [-0.2, 0) is 4.79 Å². The number of anilines is 1. The van der Waals surface area contributed by atoms with E-state index in [1.165, 1.54) is 27.7 Å². The summed E-state index contributed by atoms with van der Waals surface area (Å²) in [7, 11) is 0. The molecular formula is C16H11BrN6OS2. The van der Waals surface area contributed by atoms with Crippen LogP contribution in [0.1, 0.15) is 6.92 Å². The summed E-state index contributed by atoms with van der Waals surface area (Å²) < 4.78 is 1.00. The van der Waals surface area contributed by atoms with E-state index in [9.17, 15) is 4.79 Å². The number of azo groups is 1. The fourth-order valence-corrected chi connectivity index (χ4v) is 3.82. The lowest BCUT2D eigenvalue weighted by Gasteiger charge is -2.07. The van der Waals surface area contributed by atoms with E-state index < -0.39 is 6.04 Å². The second-order valence-corrected chi connectivity index (χ2v) is 7.97. The summed E-state index contributed by atoms with van der Waals surface area (Å²) in [5, 5.41) is 18.5. The van der Waals surface area contributed by atoms with Gasteiger partial charge in [-0.25, -0.2) is 9.97 Å². The Hall–Kier alpha value is -2.30. The molecule has 3 heterocycles. The van der Waals surface area contributed by atoms with Gasteiger partial charge in [-0.1, -0.05) is 28.1 Å². The standard InChI is InChI=1S/C16H11BrN6OS2/c1-9-13(20-21-15-18-6-7-25-15)14(24)23(22-9)16-19-12(8-26-16)10-2-4-11(17)5-3-10/h2-8,13H,1H3/t13-/m0/s1. The first-order valence-corrected chi connectivity index (χ1v) is 10.1. The molecular weight excluding hydrogens is 436 g/mol. The summed E-state index contributed by atoms with van der Waals surface area (Å²) in [6.45, 7) is 1.76. The molecule has 0 radical (unpaired) electrons. The van der Waals surface area contributed by atoms with Crippen molar-refractivity contribution in [1.82, 2.24) is 9.97 Å². The van der Waals surface area contributed by atoms with Gasteiger partial charge >= 0.3 is 0 Å². The van der Waals surface area contributed by atoms with Crippen molar-refractivity contribution in [1.29, 1.82) is 0 Å². The van der Waals surface area contributed by atoms with Crippen molar-refractivity contribution in [3.8, 4) is 11.3 Å². The number of hydrogen-bond acceptors (Lipinski definition) is 8. The molecule has 0 fully saturated rings. The highest BCUT2D eigenvalue weighted by Gasteiger charge is 2.36. The third-order valence-electron chi connectivity index (χ3n) is 3.59. The Balaban J connectivity index is 1.55. The van der Waals surface area contributed by atoms with Crippen LogP contribution in [0.15, 0.2) is 61.0 Å². The first-order chi connectivity index (χ1) is 12.6. The minimum atomic E-state index is -0.737. The molecule has 26 heavy (non-hydrogen) atoms. The monoisotopic (exact) mass is 446 g/mol. The minimum Gasteiger partial charge on any atom is -0.269 e. The number of carbonyl (C=O) groups excluding carboxylic acids is 1. The zero-order valence-corrected chi connectivity index (χ0v) is 16.6. The van der Waals surface area contributed by atoms with Gasteiger partial charge < -0.3 is 0 Å². The largest absolute Gasteiger partial charge is 0.282 e. The van der Waals surface area contributed by atoms with E-state index in [0.29, 0.717) is 16.0 Å². The number of halogens is 1. The number of nitrogens with zero attached hydrogens (tertiary/aromatic N) is 6. The average molecular weight is 447 g/mol. The third-order valence-corrected chi connectivity index (χ3v) is 5.59. The second-order valence-electron chi connectivity index (χ2n) is 5.35. The molecule has 4 rings (SSSR count). The first-order valence-electron chi connectivity index (χ1n) is 7.53. The number of rotatable bonds is 4. The van der Waals surface area contributed by atoms with Gasteiger partial charge in [-0.05, 0) is 19.1 Å². The Bertz CT molecular complexity index is 996. The number of hydrazone groups is 1. The van der Waals surface area contributed by atoms with Crippen LogP contribution in [0, 0.1) is 0 Å². The molecule has 1 amide bonds. The summed E-state index contributed by atoms with van der Waals surface area (Å²) in [5.74, 6) is -0.264. The molecule has 7 nitrogen and oxygen atoms in total. The van der Waals surface area contributed by atoms with Crippen LogP contribution >= 0.6 is 38.6 Å². The maximum Gasteiger partial charge on any atom is 0.282 e. The molecule has 0 N–H and O–H groups in total. The van der Waals surface area contributed by atoms with E-state index in [4.69, 9.17) is 0 Å². The molecule has 1 aliphatic heterocycles. The van der Waals surface area contributed by atoms with Crippen LogP contribution in [0.4, 0.5) is 10.3 Å². The summed E-state index contributed by atoms with van der Waals surface area (Å²) in [6.07, 6.45) is 1.64. The summed E-state index contributed by atoms with van der Waals surface area (Å²) >= 11 is 6.14. The van der Waals surface area contributed by atoms with Crippen molar-refractivity contribution >= 4 is 60.5 Å². The SMILES string of the molecule is CC1=NN(c2nc(-c3ccc(Br)cc3)cs2)C(=O)[C@H]1N=Nc1nccs1. The second kappa shape index (κ2) is 7.14. The van der Waals surface area contributed by atoms with Crippen LogP contribution in [0.25, 0.3) is 11.3 Å². The van der Waals surface area contributed by atoms with Crippen molar-refractivity contribution in [3.63, 3.8) is 0 Å². The lowest BCUT2D eigenvalue weighted by atomic mass is 10.2. The van der Waals surface area contributed by atoms with Crippen molar-refractivity contribution < 1.29 is 4.79 Å². The van der Waals surface area contributed by atoms with Crippen LogP contribution in [0.2, 0.25) is 0 Å². The Labute approximate surface area is 165 Å². The zero-order valence-electron chi connectivity index (χ0n) is 13.4. The topological polar surface area (TPSA) is 83.2 Å². The predicted octanol–water partition coefficient (Wildman–Crippen LogP) is 4.90. The molecule has 0 saturated carbocycles. The van der Waals surface area contributed by atoms with E-state index in [1.807, 2.05) is 29.6 Å². The molecule has 3 aromatic rings. The first kappa shape index (κ1) is 17.1. The highest BCUT2D eigenvalue weighted by Crippen LogP contribution is 2.31. The Morgan fingerprint density at radius 2 is 2.04 bits per heavy atom. The molecule has 0 bridgehead atoms. The minimum absolute atomic E-state index is 0.264. The number of hydrogen-bond donors (Lipinski definition) is 0. The lowest BCUT2D eigenvalue weighted by Crippen LogP contribution is -2.29. The summed E-state index contributed by atoms with van der Waals surface area (Å²) in [6, 6.07) is 7.10. The van der Waals surface area contributed by atoms with Gasteiger partial charge in [0.1, 0.15) is 0 Å². The van der Waals surface area contributed by atoms with Crippen LogP contribution in [0.5, 0.6) is 0 Å². The molecule has 130 valence electrons. The molecule has 1 aromatic carbocycles. The van der Waals surface area contributed by atoms with E-state index in [0.717, 1.165) is 15.7 Å². The number of amides is 1. The van der Waals surface area contributed by atoms with Crippen LogP contribution in [-0.4, -0.2) is 27.6 Å². The Morgan fingerprint density at radius 3 is 2.77 bits per heavy atom. The maximum absolute atomic E-state index is 12.7. The normalized spacial score (nSPS) is 17.3. The van der Waals surface area contributed by atoms with Gasteiger partial charge in [0.15, 0.2) is 6.04 Å². The number of carbonyl (C=O) groups is 1. The molecule has 2 aromatic heterocycles. The Kier molecular flexibility index (Phi) is 4.70. The van der Waals surface area contributed by atoms with E-state index >= 15 is 0 Å². The van der Waals surface area contributed by atoms with Gasteiger partial charge in [-0.2, -0.15) is 15.2 Å². The maximum atomic E-state index is 12.7. The van der Waals surface area contributed by atoms with Crippen molar-refractivity contribution in [2.24, 2.45) is 15.3 Å². The van der Waals surface area contributed by atoms with E-state index in [1.54, 1.807) is 18.5 Å². The number of aromatic nitrogens is 2. The third kappa shape index (κ3) is 3.35. The zero-order chi connectivity index (χ0) is 18.1. The van der Waals surface area contributed by atoms with Crippen LogP contribution in [0.3, 0.4) is 0 Å². The Morgan fingerprint density at radius 1 is 1.23 bits per heavy atom. The summed E-state index contributed by atoms with van der Waals surface area (Å²) in [4.78, 5) is 21.2. The predicted molar refractivity (Wildman–Crippen MR) is 106 cm³/mol. The fraction of sp³-hybridized carbons (Fsp3) is 0.125.